The predicted octanol–water partition coefficient (Wildman–Crippen LogP) is 3.82. The van der Waals surface area contributed by atoms with Crippen LogP contribution in [0, 0.1) is 5.82 Å². The van der Waals surface area contributed by atoms with Crippen molar-refractivity contribution in [3.05, 3.63) is 59.9 Å². The number of alkyl halides is 2. The molecule has 0 aromatic heterocycles. The Hall–Kier alpha value is -3.01. The zero-order chi connectivity index (χ0) is 20.8. The molecule has 152 valence electrons. The topological polar surface area (TPSA) is 77.0 Å². The van der Waals surface area contributed by atoms with E-state index in [9.17, 15) is 22.8 Å². The van der Waals surface area contributed by atoms with Gasteiger partial charge in [0.2, 0.25) is 6.10 Å². The molecule has 1 amide bonds. The molecular weight excluding hydrogens is 409 g/mol. The quantitative estimate of drug-likeness (QED) is 0.540. The number of oxime groups is 1. The van der Waals surface area contributed by atoms with Gasteiger partial charge in [0, 0.05) is 22.6 Å². The summed E-state index contributed by atoms with van der Waals surface area (Å²) in [5, 5.41) is 6.25. The highest BCUT2D eigenvalue weighted by Crippen LogP contribution is 2.26. The van der Waals surface area contributed by atoms with Gasteiger partial charge in [0.15, 0.2) is 6.61 Å². The summed E-state index contributed by atoms with van der Waals surface area (Å²) >= 11 is 0.393. The molecule has 0 spiro atoms. The molecule has 1 unspecified atom stereocenters. The lowest BCUT2D eigenvalue weighted by atomic mass is 10.1. The van der Waals surface area contributed by atoms with E-state index in [1.54, 1.807) is 6.07 Å². The third-order valence-corrected chi connectivity index (χ3v) is 4.52. The summed E-state index contributed by atoms with van der Waals surface area (Å²) in [6.45, 7) is -0.554. The van der Waals surface area contributed by atoms with Crippen LogP contribution in [0.25, 0.3) is 0 Å². The lowest BCUT2D eigenvalue weighted by molar-refractivity contribution is -0.157. The first-order valence-electron chi connectivity index (χ1n) is 8.40. The Morgan fingerprint density at radius 3 is 2.69 bits per heavy atom. The van der Waals surface area contributed by atoms with E-state index in [0.717, 1.165) is 0 Å². The molecule has 1 atom stereocenters. The smallest absolute Gasteiger partial charge is 0.351 e. The number of benzene rings is 2. The zero-order valence-electron chi connectivity index (χ0n) is 14.8. The highest BCUT2D eigenvalue weighted by molar-refractivity contribution is 7.99. The van der Waals surface area contributed by atoms with Crippen molar-refractivity contribution < 1.29 is 32.3 Å². The number of amides is 1. The first kappa shape index (κ1) is 20.7. The van der Waals surface area contributed by atoms with Crippen LogP contribution in [0.4, 0.5) is 18.9 Å². The van der Waals surface area contributed by atoms with Gasteiger partial charge in [-0.2, -0.15) is 8.78 Å². The van der Waals surface area contributed by atoms with Crippen molar-refractivity contribution in [1.29, 1.82) is 0 Å². The van der Waals surface area contributed by atoms with Gasteiger partial charge in [-0.3, -0.25) is 4.79 Å². The first-order chi connectivity index (χ1) is 13.9. The molecule has 29 heavy (non-hydrogen) atoms. The fraction of sp³-hybridized carbons (Fsp3) is 0.211. The molecule has 0 saturated carbocycles. The summed E-state index contributed by atoms with van der Waals surface area (Å²) in [5.74, 6) is -4.34. The molecule has 10 heteroatoms. The maximum absolute atomic E-state index is 13.3. The monoisotopic (exact) mass is 424 g/mol. The van der Waals surface area contributed by atoms with Crippen LogP contribution in [0.3, 0.4) is 0 Å². The van der Waals surface area contributed by atoms with E-state index in [-0.39, 0.29) is 6.42 Å². The molecule has 3 rings (SSSR count). The molecule has 1 heterocycles. The van der Waals surface area contributed by atoms with E-state index in [2.05, 4.69) is 10.5 Å². The van der Waals surface area contributed by atoms with Crippen molar-refractivity contribution in [2.45, 2.75) is 23.2 Å². The number of nitrogens with one attached hydrogen (secondary N) is 1. The second-order valence-electron chi connectivity index (χ2n) is 5.91. The maximum atomic E-state index is 13.3. The van der Waals surface area contributed by atoms with Crippen molar-refractivity contribution in [2.24, 2.45) is 5.16 Å². The largest absolute Gasteiger partial charge is 0.453 e. The van der Waals surface area contributed by atoms with Crippen molar-refractivity contribution in [1.82, 2.24) is 0 Å². The van der Waals surface area contributed by atoms with Gasteiger partial charge in [-0.1, -0.05) is 29.1 Å². The Morgan fingerprint density at radius 2 is 2.00 bits per heavy atom. The third-order valence-electron chi connectivity index (χ3n) is 3.80. The van der Waals surface area contributed by atoms with Gasteiger partial charge in [-0.25, -0.2) is 9.18 Å². The van der Waals surface area contributed by atoms with E-state index < -0.39 is 36.2 Å². The molecule has 0 radical (unpaired) electrons. The minimum atomic E-state index is -2.53. The van der Waals surface area contributed by atoms with Crippen LogP contribution in [0.5, 0.6) is 0 Å². The number of ether oxygens (including phenoxy) is 1. The SMILES string of the molecule is O=C(COC(=O)C1CC(c2cccc(F)c2)=NO1)Nc1ccc(SC(F)F)cc1. The van der Waals surface area contributed by atoms with Crippen molar-refractivity contribution in [3.8, 4) is 0 Å². The van der Waals surface area contributed by atoms with Crippen LogP contribution in [0.1, 0.15) is 12.0 Å². The van der Waals surface area contributed by atoms with E-state index in [4.69, 9.17) is 9.57 Å². The maximum Gasteiger partial charge on any atom is 0.351 e. The van der Waals surface area contributed by atoms with Crippen LogP contribution in [-0.4, -0.2) is 36.1 Å². The van der Waals surface area contributed by atoms with Gasteiger partial charge in [0.1, 0.15) is 5.82 Å². The average molecular weight is 424 g/mol. The minimum Gasteiger partial charge on any atom is -0.453 e. The normalized spacial score (nSPS) is 15.6. The molecule has 1 aliphatic heterocycles. The number of esters is 1. The number of rotatable bonds is 7. The summed E-state index contributed by atoms with van der Waals surface area (Å²) in [4.78, 5) is 29.3. The van der Waals surface area contributed by atoms with Gasteiger partial charge in [0.05, 0.1) is 5.71 Å². The Labute approximate surface area is 168 Å². The molecular formula is C19H15F3N2O4S. The van der Waals surface area contributed by atoms with E-state index in [1.807, 2.05) is 0 Å². The second kappa shape index (κ2) is 9.46. The Balaban J connectivity index is 1.44. The predicted molar refractivity (Wildman–Crippen MR) is 100 cm³/mol. The standard InChI is InChI=1S/C19H15F3N2O4S/c20-12-3-1-2-11(8-12)15-9-16(28-24-15)18(26)27-10-17(25)23-13-4-6-14(7-5-13)29-19(21)22/h1-8,16,19H,9-10H2,(H,23,25). The first-order valence-corrected chi connectivity index (χ1v) is 9.28. The fourth-order valence-electron chi connectivity index (χ4n) is 2.49. The van der Waals surface area contributed by atoms with Gasteiger partial charge < -0.3 is 14.9 Å². The fourth-order valence-corrected chi connectivity index (χ4v) is 2.99. The molecule has 1 N–H and O–H groups in total. The highest BCUT2D eigenvalue weighted by Gasteiger charge is 2.30. The van der Waals surface area contributed by atoms with E-state index >= 15 is 0 Å². The number of thioether (sulfide) groups is 1. The molecule has 0 aliphatic carbocycles. The number of carbonyl (C=O) groups excluding carboxylic acids is 2. The number of carbonyl (C=O) groups is 2. The van der Waals surface area contributed by atoms with Gasteiger partial charge >= 0.3 is 5.97 Å². The van der Waals surface area contributed by atoms with Gasteiger partial charge in [-0.15, -0.1) is 0 Å². The summed E-state index contributed by atoms with van der Waals surface area (Å²) in [5.41, 5.74) is 1.27. The van der Waals surface area contributed by atoms with Crippen LogP contribution < -0.4 is 5.32 Å². The van der Waals surface area contributed by atoms with Gasteiger partial charge in [0.25, 0.3) is 11.7 Å². The number of hydrogen-bond acceptors (Lipinski definition) is 6. The van der Waals surface area contributed by atoms with Crippen molar-refractivity contribution in [2.75, 3.05) is 11.9 Å². The second-order valence-corrected chi connectivity index (χ2v) is 6.97. The highest BCUT2D eigenvalue weighted by atomic mass is 32.2. The average Bonchev–Trinajstić information content (AvgIpc) is 3.18. The van der Waals surface area contributed by atoms with Crippen molar-refractivity contribution in [3.63, 3.8) is 0 Å². The molecule has 2 aromatic rings. The number of nitrogens with zero attached hydrogens (tertiary/aromatic N) is 1. The van der Waals surface area contributed by atoms with Gasteiger partial charge in [-0.05, 0) is 36.4 Å². The third kappa shape index (κ3) is 5.98. The molecule has 6 nitrogen and oxygen atoms in total. The van der Waals surface area contributed by atoms with E-state index in [1.165, 1.54) is 42.5 Å². The molecule has 0 bridgehead atoms. The van der Waals surface area contributed by atoms with Crippen molar-refractivity contribution >= 4 is 35.0 Å². The molecule has 0 saturated heterocycles. The number of hydrogen-bond donors (Lipinski definition) is 1. The summed E-state index contributed by atoms with van der Waals surface area (Å²) < 4.78 is 42.8. The summed E-state index contributed by atoms with van der Waals surface area (Å²) in [6.07, 6.45) is -0.931. The minimum absolute atomic E-state index is 0.0904. The zero-order valence-corrected chi connectivity index (χ0v) is 15.6. The molecule has 1 aliphatic rings. The van der Waals surface area contributed by atoms with Crippen LogP contribution in [0.15, 0.2) is 58.6 Å². The molecule has 0 fully saturated rings. The molecule has 2 aromatic carbocycles. The Bertz CT molecular complexity index is 922. The van der Waals surface area contributed by atoms with E-state index in [0.29, 0.717) is 33.6 Å². The summed E-state index contributed by atoms with van der Waals surface area (Å²) in [7, 11) is 0. The lowest BCUT2D eigenvalue weighted by Crippen LogP contribution is -2.28. The Kier molecular flexibility index (Phi) is 6.76. The van der Waals surface area contributed by atoms with Crippen LogP contribution >= 0.6 is 11.8 Å². The van der Waals surface area contributed by atoms with Crippen LogP contribution in [-0.2, 0) is 19.2 Å². The lowest BCUT2D eigenvalue weighted by Gasteiger charge is -2.09. The summed E-state index contributed by atoms with van der Waals surface area (Å²) in [6, 6.07) is 11.5. The Morgan fingerprint density at radius 1 is 1.24 bits per heavy atom. The van der Waals surface area contributed by atoms with Crippen LogP contribution in [0.2, 0.25) is 0 Å². The number of anilines is 1. The number of halogens is 3.